The number of para-hydroxylation sites is 3. The van der Waals surface area contributed by atoms with E-state index in [1.54, 1.807) is 0 Å². The van der Waals surface area contributed by atoms with Gasteiger partial charge in [0.25, 0.3) is 0 Å². The van der Waals surface area contributed by atoms with Gasteiger partial charge >= 0.3 is 0 Å². The zero-order valence-electron chi connectivity index (χ0n) is 41.4. The van der Waals surface area contributed by atoms with Crippen molar-refractivity contribution in [1.82, 2.24) is 14.1 Å². The minimum absolute atomic E-state index is 0.908. The molecule has 0 fully saturated rings. The highest BCUT2D eigenvalue weighted by molar-refractivity contribution is 6.12. The van der Waals surface area contributed by atoms with Crippen LogP contribution >= 0.6 is 0 Å². The van der Waals surface area contributed by atoms with Gasteiger partial charge in [-0.1, -0.05) is 170 Å². The fourth-order valence-corrected chi connectivity index (χ4v) is 11.6. The van der Waals surface area contributed by atoms with Crippen LogP contribution in [0.3, 0.4) is 0 Å². The summed E-state index contributed by atoms with van der Waals surface area (Å²) in [5, 5.41) is 12.0. The molecule has 2 heterocycles. The summed E-state index contributed by atoms with van der Waals surface area (Å²) >= 11 is 0. The van der Waals surface area contributed by atoms with E-state index in [2.05, 4.69) is 304 Å². The first-order valence-corrected chi connectivity index (χ1v) is 25.9. The number of fused-ring (bicyclic) bond motifs is 9. The number of hydrogen-bond donors (Lipinski definition) is 0. The van der Waals surface area contributed by atoms with Crippen molar-refractivity contribution in [2.24, 2.45) is 0 Å². The van der Waals surface area contributed by atoms with Gasteiger partial charge in [0.2, 0.25) is 0 Å². The van der Waals surface area contributed by atoms with Crippen molar-refractivity contribution in [3.05, 3.63) is 285 Å². The van der Waals surface area contributed by atoms with Crippen LogP contribution in [-0.2, 0) is 0 Å². The monoisotopic (exact) mass is 969 g/mol. The molecule has 356 valence electrons. The maximum atomic E-state index is 5.25. The lowest BCUT2D eigenvalue weighted by Crippen LogP contribution is -2.10. The molecule has 0 radical (unpaired) electrons. The lowest BCUT2D eigenvalue weighted by molar-refractivity contribution is 1.10. The molecule has 0 spiro atoms. The maximum Gasteiger partial charge on any atom is 0.145 e. The summed E-state index contributed by atoms with van der Waals surface area (Å²) in [6, 6.07) is 103. The molecule has 0 atom stereocenters. The van der Waals surface area contributed by atoms with Crippen molar-refractivity contribution in [2.45, 2.75) is 0 Å². The second-order valence-corrected chi connectivity index (χ2v) is 19.6. The number of imidazole rings is 1. The van der Waals surface area contributed by atoms with Gasteiger partial charge in [0, 0.05) is 61.8 Å². The van der Waals surface area contributed by atoms with Gasteiger partial charge in [0.05, 0.1) is 22.1 Å². The molecule has 5 nitrogen and oxygen atoms in total. The first kappa shape index (κ1) is 43.4. The Kier molecular flexibility index (Phi) is 10.1. The second-order valence-electron chi connectivity index (χ2n) is 19.6. The van der Waals surface area contributed by atoms with Crippen molar-refractivity contribution < 1.29 is 0 Å². The Bertz CT molecular complexity index is 4710. The fourth-order valence-electron chi connectivity index (χ4n) is 11.6. The van der Waals surface area contributed by atoms with Crippen LogP contribution in [0, 0.1) is 0 Å². The van der Waals surface area contributed by atoms with E-state index >= 15 is 0 Å². The van der Waals surface area contributed by atoms with Crippen molar-refractivity contribution in [1.29, 1.82) is 0 Å². The highest BCUT2D eigenvalue weighted by Gasteiger charge is 2.22. The SMILES string of the molecule is c1ccc(-c2nc3ccc(N(c4ccc5ccccc5c4)c4ccc5c(ccc6cc(N(c7ccc8ccccc8c7)c7ccc8c(c7)c7ccccc7n8-c7ccccc7)ccc65)c4)cc3n2-c2ccccc2)cc1. The van der Waals surface area contributed by atoms with Gasteiger partial charge in [-0.3, -0.25) is 4.57 Å². The van der Waals surface area contributed by atoms with Crippen LogP contribution in [0.2, 0.25) is 0 Å². The number of nitrogens with zero attached hydrogens (tertiary/aromatic N) is 5. The molecule has 13 aromatic carbocycles. The minimum Gasteiger partial charge on any atom is -0.310 e. The van der Waals surface area contributed by atoms with Gasteiger partial charge in [-0.25, -0.2) is 4.98 Å². The van der Waals surface area contributed by atoms with Gasteiger partial charge in [0.15, 0.2) is 0 Å². The standard InChI is InChI=1S/C71H47N5/c1-4-18-50(19-5-1)71-72-67-40-36-62(47-70(67)76(71)56-24-8-3-9-25-56)74(58-33-31-49-17-11-13-21-52(49)43-58)60-35-39-64-54(45-60)29-28-53-44-59(34-38-63(53)64)73(57-32-30-48-16-10-12-20-51(48)42-57)61-37-41-69-66(46-61)65-26-14-15-27-68(65)75(69)55-22-6-2-7-23-55/h1-47H. The van der Waals surface area contributed by atoms with Crippen LogP contribution < -0.4 is 9.80 Å². The van der Waals surface area contributed by atoms with E-state index in [4.69, 9.17) is 4.98 Å². The second kappa shape index (κ2) is 17.8. The van der Waals surface area contributed by atoms with E-state index in [0.29, 0.717) is 0 Å². The third kappa shape index (κ3) is 7.28. The highest BCUT2D eigenvalue weighted by Crippen LogP contribution is 2.44. The highest BCUT2D eigenvalue weighted by atomic mass is 15.2. The Morgan fingerprint density at radius 2 is 0.671 bits per heavy atom. The van der Waals surface area contributed by atoms with Gasteiger partial charge in [-0.05, 0) is 158 Å². The van der Waals surface area contributed by atoms with Crippen LogP contribution in [0.5, 0.6) is 0 Å². The number of rotatable bonds is 9. The molecule has 0 unspecified atom stereocenters. The number of anilines is 6. The van der Waals surface area contributed by atoms with E-state index in [-0.39, 0.29) is 0 Å². The van der Waals surface area contributed by atoms with Crippen LogP contribution in [0.1, 0.15) is 0 Å². The maximum absolute atomic E-state index is 5.25. The van der Waals surface area contributed by atoms with Gasteiger partial charge in [0.1, 0.15) is 5.82 Å². The average Bonchev–Trinajstić information content (AvgIpc) is 4.07. The molecular weight excluding hydrogens is 923 g/mol. The average molecular weight is 970 g/mol. The summed E-state index contributed by atoms with van der Waals surface area (Å²) in [5.74, 6) is 0.908. The van der Waals surface area contributed by atoms with E-state index in [1.807, 2.05) is 0 Å². The molecule has 0 saturated heterocycles. The zero-order valence-corrected chi connectivity index (χ0v) is 41.4. The summed E-state index contributed by atoms with van der Waals surface area (Å²) in [6.07, 6.45) is 0. The summed E-state index contributed by atoms with van der Waals surface area (Å²) in [7, 11) is 0. The van der Waals surface area contributed by atoms with Crippen LogP contribution in [0.4, 0.5) is 34.1 Å². The zero-order chi connectivity index (χ0) is 50.1. The molecule has 0 aliphatic carbocycles. The first-order chi connectivity index (χ1) is 37.7. The van der Waals surface area contributed by atoms with E-state index < -0.39 is 0 Å². The van der Waals surface area contributed by atoms with Crippen LogP contribution in [-0.4, -0.2) is 14.1 Å². The normalized spacial score (nSPS) is 11.7. The molecule has 5 heteroatoms. The van der Waals surface area contributed by atoms with Gasteiger partial charge < -0.3 is 14.4 Å². The lowest BCUT2D eigenvalue weighted by Gasteiger charge is -2.27. The van der Waals surface area contributed by atoms with Gasteiger partial charge in [-0.2, -0.15) is 0 Å². The molecule has 0 aliphatic heterocycles. The van der Waals surface area contributed by atoms with Crippen LogP contribution in [0.15, 0.2) is 285 Å². The Hall–Kier alpha value is -10.2. The van der Waals surface area contributed by atoms with E-state index in [0.717, 1.165) is 73.3 Å². The Labute approximate surface area is 439 Å². The number of benzene rings is 13. The lowest BCUT2D eigenvalue weighted by atomic mass is 9.99. The molecule has 0 aliphatic rings. The molecule has 2 aromatic heterocycles. The summed E-state index contributed by atoms with van der Waals surface area (Å²) in [4.78, 5) is 10.1. The van der Waals surface area contributed by atoms with Crippen LogP contribution in [0.25, 0.3) is 98.7 Å². The smallest absolute Gasteiger partial charge is 0.145 e. The quantitative estimate of drug-likeness (QED) is 0.135. The molecule has 0 N–H and O–H groups in total. The molecule has 0 saturated carbocycles. The molecular formula is C71H47N5. The minimum atomic E-state index is 0.908. The topological polar surface area (TPSA) is 29.2 Å². The number of hydrogen-bond acceptors (Lipinski definition) is 3. The predicted octanol–water partition coefficient (Wildman–Crippen LogP) is 19.3. The van der Waals surface area contributed by atoms with Crippen molar-refractivity contribution >= 4 is 110 Å². The largest absolute Gasteiger partial charge is 0.310 e. The Morgan fingerprint density at radius 1 is 0.250 bits per heavy atom. The third-order valence-electron chi connectivity index (χ3n) is 15.2. The molecule has 0 amide bonds. The molecule has 0 bridgehead atoms. The predicted molar refractivity (Wildman–Crippen MR) is 320 cm³/mol. The Morgan fingerprint density at radius 3 is 1.28 bits per heavy atom. The molecule has 76 heavy (non-hydrogen) atoms. The summed E-state index contributed by atoms with van der Waals surface area (Å²) in [5.41, 5.74) is 14.1. The molecule has 15 rings (SSSR count). The Balaban J connectivity index is 0.872. The summed E-state index contributed by atoms with van der Waals surface area (Å²) < 4.78 is 4.67. The van der Waals surface area contributed by atoms with E-state index in [1.165, 1.54) is 59.5 Å². The van der Waals surface area contributed by atoms with Crippen molar-refractivity contribution in [2.75, 3.05) is 9.80 Å². The molecule has 15 aromatic rings. The fraction of sp³-hybridized carbons (Fsp3) is 0. The first-order valence-electron chi connectivity index (χ1n) is 25.9. The van der Waals surface area contributed by atoms with E-state index in [9.17, 15) is 0 Å². The third-order valence-corrected chi connectivity index (χ3v) is 15.2. The van der Waals surface area contributed by atoms with Crippen molar-refractivity contribution in [3.8, 4) is 22.8 Å². The number of aromatic nitrogens is 3. The van der Waals surface area contributed by atoms with Gasteiger partial charge in [-0.15, -0.1) is 0 Å². The van der Waals surface area contributed by atoms with Crippen molar-refractivity contribution in [3.63, 3.8) is 0 Å². The summed E-state index contributed by atoms with van der Waals surface area (Å²) in [6.45, 7) is 0.